The number of carbonyl (C=O) groups excluding carboxylic acids is 2. The Morgan fingerprint density at radius 2 is 2.33 bits per heavy atom. The van der Waals surface area contributed by atoms with Crippen LogP contribution in [0.25, 0.3) is 0 Å². The number of nitro groups is 1. The Morgan fingerprint density at radius 1 is 1.73 bits per heavy atom. The number of Topliss-reactive ketones (excluding diaryl/α,β-unsaturated/α-hetero) is 1. The summed E-state index contributed by atoms with van der Waals surface area (Å²) in [6.07, 6.45) is 0.246. The molecule has 1 fully saturated rings. The van der Waals surface area contributed by atoms with Gasteiger partial charge in [-0.3, -0.25) is 19.7 Å². The molecule has 0 saturated carbocycles. The summed E-state index contributed by atoms with van der Waals surface area (Å²) in [7, 11) is 0. The third-order valence-electron chi connectivity index (χ3n) is 2.99. The topological polar surface area (TPSA) is 86.5 Å². The molecule has 0 unspecified atom stereocenters. The van der Waals surface area contributed by atoms with Crippen molar-refractivity contribution in [3.63, 3.8) is 0 Å². The molecular formula is C9H13NO5. The van der Waals surface area contributed by atoms with E-state index in [-0.39, 0.29) is 18.8 Å². The summed E-state index contributed by atoms with van der Waals surface area (Å²) in [4.78, 5) is 32.8. The van der Waals surface area contributed by atoms with Crippen molar-refractivity contribution in [2.45, 2.75) is 20.3 Å². The van der Waals surface area contributed by atoms with E-state index >= 15 is 0 Å². The molecule has 1 saturated heterocycles. The van der Waals surface area contributed by atoms with E-state index in [0.717, 1.165) is 0 Å². The lowest BCUT2D eigenvalue weighted by Crippen LogP contribution is -2.43. The number of esters is 1. The number of carbonyl (C=O) groups is 2. The number of rotatable bonds is 4. The number of hydrogen-bond donors (Lipinski definition) is 0. The molecule has 0 bridgehead atoms. The van der Waals surface area contributed by atoms with Gasteiger partial charge in [-0.1, -0.05) is 6.92 Å². The van der Waals surface area contributed by atoms with Gasteiger partial charge in [0, 0.05) is 17.3 Å². The van der Waals surface area contributed by atoms with Gasteiger partial charge in [0.05, 0.1) is 6.61 Å². The fourth-order valence-corrected chi connectivity index (χ4v) is 2.03. The van der Waals surface area contributed by atoms with Crippen LogP contribution in [0.5, 0.6) is 0 Å². The van der Waals surface area contributed by atoms with E-state index in [2.05, 4.69) is 0 Å². The number of cyclic esters (lactones) is 1. The zero-order valence-electron chi connectivity index (χ0n) is 8.69. The second-order valence-electron chi connectivity index (χ2n) is 3.83. The molecule has 6 nitrogen and oxygen atoms in total. The van der Waals surface area contributed by atoms with Gasteiger partial charge in [-0.15, -0.1) is 0 Å². The van der Waals surface area contributed by atoms with E-state index in [0.29, 0.717) is 0 Å². The first kappa shape index (κ1) is 11.6. The van der Waals surface area contributed by atoms with Crippen LogP contribution in [0.3, 0.4) is 0 Å². The van der Waals surface area contributed by atoms with Crippen molar-refractivity contribution in [1.29, 1.82) is 0 Å². The minimum Gasteiger partial charge on any atom is -0.465 e. The van der Waals surface area contributed by atoms with Gasteiger partial charge < -0.3 is 4.74 Å². The molecule has 0 aliphatic carbocycles. The zero-order valence-corrected chi connectivity index (χ0v) is 8.69. The standard InChI is InChI=1S/C9H13NO5/c1-6(5-10(13)14)9(7(2)11)3-4-15-8(9)12/h6H,3-5H2,1-2H3/t6-,9-/m0/s1. The number of hydrogen-bond acceptors (Lipinski definition) is 5. The summed E-state index contributed by atoms with van der Waals surface area (Å²) >= 11 is 0. The van der Waals surface area contributed by atoms with E-state index in [1.165, 1.54) is 13.8 Å². The average Bonchev–Trinajstić information content (AvgIpc) is 2.46. The molecule has 1 aliphatic rings. The van der Waals surface area contributed by atoms with Gasteiger partial charge in [-0.2, -0.15) is 0 Å². The summed E-state index contributed by atoms with van der Waals surface area (Å²) in [5.74, 6) is -1.59. The molecule has 0 aromatic rings. The van der Waals surface area contributed by atoms with Gasteiger partial charge in [0.1, 0.15) is 11.2 Å². The zero-order chi connectivity index (χ0) is 11.6. The Morgan fingerprint density at radius 3 is 2.67 bits per heavy atom. The van der Waals surface area contributed by atoms with E-state index < -0.39 is 28.8 Å². The molecule has 1 rings (SSSR count). The summed E-state index contributed by atoms with van der Waals surface area (Å²) < 4.78 is 4.75. The lowest BCUT2D eigenvalue weighted by Gasteiger charge is -2.25. The predicted octanol–water partition coefficient (Wildman–Crippen LogP) is 0.421. The van der Waals surface area contributed by atoms with Gasteiger partial charge in [-0.25, -0.2) is 0 Å². The number of nitrogens with zero attached hydrogens (tertiary/aromatic N) is 1. The Kier molecular flexibility index (Phi) is 3.06. The number of ether oxygens (including phenoxy) is 1. The van der Waals surface area contributed by atoms with Crippen molar-refractivity contribution in [3.05, 3.63) is 10.1 Å². The van der Waals surface area contributed by atoms with Gasteiger partial charge >= 0.3 is 5.97 Å². The molecule has 2 atom stereocenters. The van der Waals surface area contributed by atoms with Crippen molar-refractivity contribution in [2.75, 3.05) is 13.2 Å². The maximum absolute atomic E-state index is 11.5. The fraction of sp³-hybridized carbons (Fsp3) is 0.778. The van der Waals surface area contributed by atoms with Crippen LogP contribution in [-0.2, 0) is 14.3 Å². The Hall–Kier alpha value is -1.46. The highest BCUT2D eigenvalue weighted by Gasteiger charge is 2.54. The van der Waals surface area contributed by atoms with E-state index in [9.17, 15) is 19.7 Å². The summed E-state index contributed by atoms with van der Waals surface area (Å²) in [5.41, 5.74) is -1.30. The predicted molar refractivity (Wildman–Crippen MR) is 49.7 cm³/mol. The normalized spacial score (nSPS) is 27.2. The molecule has 15 heavy (non-hydrogen) atoms. The molecule has 1 heterocycles. The van der Waals surface area contributed by atoms with Gasteiger partial charge in [-0.05, 0) is 6.92 Å². The van der Waals surface area contributed by atoms with E-state index in [4.69, 9.17) is 4.74 Å². The Balaban J connectivity index is 2.96. The monoisotopic (exact) mass is 215 g/mol. The van der Waals surface area contributed by atoms with Crippen LogP contribution < -0.4 is 0 Å². The average molecular weight is 215 g/mol. The highest BCUT2D eigenvalue weighted by atomic mass is 16.6. The Labute approximate surface area is 86.7 Å². The summed E-state index contributed by atoms with van der Waals surface area (Å²) in [6, 6.07) is 0. The maximum atomic E-state index is 11.5. The second-order valence-corrected chi connectivity index (χ2v) is 3.83. The van der Waals surface area contributed by atoms with Crippen LogP contribution in [0.1, 0.15) is 20.3 Å². The minimum absolute atomic E-state index is 0.167. The number of ketones is 1. The van der Waals surface area contributed by atoms with Crippen molar-refractivity contribution in [3.8, 4) is 0 Å². The molecule has 6 heteroatoms. The molecule has 84 valence electrons. The van der Waals surface area contributed by atoms with E-state index in [1.54, 1.807) is 0 Å². The summed E-state index contributed by atoms with van der Waals surface area (Å²) in [5, 5.41) is 10.4. The molecule has 0 aromatic heterocycles. The Bertz CT molecular complexity index is 314. The lowest BCUT2D eigenvalue weighted by molar-refractivity contribution is -0.489. The van der Waals surface area contributed by atoms with Gasteiger partial charge in [0.2, 0.25) is 6.54 Å². The van der Waals surface area contributed by atoms with Crippen LogP contribution in [0.15, 0.2) is 0 Å². The van der Waals surface area contributed by atoms with Crippen molar-refractivity contribution < 1.29 is 19.2 Å². The molecule has 0 amide bonds. The molecule has 0 radical (unpaired) electrons. The maximum Gasteiger partial charge on any atom is 0.320 e. The minimum atomic E-state index is -1.30. The van der Waals surface area contributed by atoms with Crippen LogP contribution in [0.4, 0.5) is 0 Å². The third kappa shape index (κ3) is 1.84. The molecule has 0 spiro atoms. The quantitative estimate of drug-likeness (QED) is 0.293. The van der Waals surface area contributed by atoms with Crippen LogP contribution in [0, 0.1) is 21.4 Å². The van der Waals surface area contributed by atoms with Crippen LogP contribution >= 0.6 is 0 Å². The van der Waals surface area contributed by atoms with Crippen molar-refractivity contribution >= 4 is 11.8 Å². The van der Waals surface area contributed by atoms with Gasteiger partial charge in [0.15, 0.2) is 0 Å². The first-order chi connectivity index (χ1) is 6.91. The first-order valence-corrected chi connectivity index (χ1v) is 4.71. The molecule has 1 aliphatic heterocycles. The smallest absolute Gasteiger partial charge is 0.320 e. The van der Waals surface area contributed by atoms with Crippen LogP contribution in [-0.4, -0.2) is 29.8 Å². The highest BCUT2D eigenvalue weighted by Crippen LogP contribution is 2.38. The molecular weight excluding hydrogens is 202 g/mol. The van der Waals surface area contributed by atoms with Gasteiger partial charge in [0.25, 0.3) is 0 Å². The largest absolute Gasteiger partial charge is 0.465 e. The van der Waals surface area contributed by atoms with E-state index in [1.807, 2.05) is 0 Å². The SMILES string of the molecule is CC(=O)[C@@]1([C@@H](C)C[N+](=O)[O-])CCOC1=O. The van der Waals surface area contributed by atoms with Crippen LogP contribution in [0.2, 0.25) is 0 Å². The lowest BCUT2D eigenvalue weighted by atomic mass is 9.72. The third-order valence-corrected chi connectivity index (χ3v) is 2.99. The summed E-state index contributed by atoms with van der Waals surface area (Å²) in [6.45, 7) is 2.59. The highest BCUT2D eigenvalue weighted by molar-refractivity contribution is 6.04. The molecule has 0 aromatic carbocycles. The fourth-order valence-electron chi connectivity index (χ4n) is 2.03. The second kappa shape index (κ2) is 3.96. The molecule has 0 N–H and O–H groups in total. The van der Waals surface area contributed by atoms with Crippen molar-refractivity contribution in [1.82, 2.24) is 0 Å². The first-order valence-electron chi connectivity index (χ1n) is 4.71. The van der Waals surface area contributed by atoms with Crippen molar-refractivity contribution in [2.24, 2.45) is 11.3 Å².